The van der Waals surface area contributed by atoms with Gasteiger partial charge in [-0.1, -0.05) is 18.2 Å². The maximum atomic E-state index is 11.8. The monoisotopic (exact) mass is 193 g/mol. The Kier molecular flexibility index (Phi) is 3.65. The molecule has 1 rings (SSSR count). The minimum absolute atomic E-state index is 0.117. The first-order valence-corrected chi connectivity index (χ1v) is 4.66. The van der Waals surface area contributed by atoms with Crippen LogP contribution in [0.1, 0.15) is 22.8 Å². The van der Waals surface area contributed by atoms with Crippen molar-refractivity contribution in [2.45, 2.75) is 13.8 Å². The van der Waals surface area contributed by atoms with Crippen molar-refractivity contribution in [1.29, 1.82) is 0 Å². The molecule has 0 fully saturated rings. The van der Waals surface area contributed by atoms with E-state index in [1.807, 2.05) is 32.0 Å². The maximum Gasteiger partial charge on any atom is 0.255 e. The van der Waals surface area contributed by atoms with Gasteiger partial charge < -0.3 is 10.0 Å². The number of amides is 1. The van der Waals surface area contributed by atoms with E-state index < -0.39 is 0 Å². The second-order valence-corrected chi connectivity index (χ2v) is 3.12. The molecule has 0 atom stereocenters. The maximum absolute atomic E-state index is 11.8. The topological polar surface area (TPSA) is 40.5 Å². The van der Waals surface area contributed by atoms with Crippen molar-refractivity contribution in [2.75, 3.05) is 13.3 Å². The highest BCUT2D eigenvalue weighted by Crippen LogP contribution is 2.09. The number of aliphatic hydroxyl groups excluding tert-OH is 1. The predicted molar refractivity (Wildman–Crippen MR) is 55.0 cm³/mol. The van der Waals surface area contributed by atoms with E-state index in [0.717, 1.165) is 5.56 Å². The zero-order valence-electron chi connectivity index (χ0n) is 8.53. The van der Waals surface area contributed by atoms with Crippen LogP contribution >= 0.6 is 0 Å². The summed E-state index contributed by atoms with van der Waals surface area (Å²) in [5, 5.41) is 8.95. The number of carbonyl (C=O) groups excluding carboxylic acids is 1. The Labute approximate surface area is 84.0 Å². The fourth-order valence-corrected chi connectivity index (χ4v) is 1.29. The molecule has 0 aliphatic heterocycles. The normalized spacial score (nSPS) is 9.93. The van der Waals surface area contributed by atoms with Crippen LogP contribution in [0, 0.1) is 6.92 Å². The number of aryl methyl sites for hydroxylation is 1. The molecule has 0 radical (unpaired) electrons. The zero-order valence-corrected chi connectivity index (χ0v) is 8.53. The summed E-state index contributed by atoms with van der Waals surface area (Å²) >= 11 is 0. The Balaban J connectivity index is 2.94. The predicted octanol–water partition coefficient (Wildman–Crippen LogP) is 1.41. The summed E-state index contributed by atoms with van der Waals surface area (Å²) in [6.45, 7) is 4.01. The first kappa shape index (κ1) is 10.7. The van der Waals surface area contributed by atoms with Gasteiger partial charge in [-0.15, -0.1) is 0 Å². The molecule has 0 aliphatic carbocycles. The van der Waals surface area contributed by atoms with Crippen molar-refractivity contribution >= 4 is 5.91 Å². The lowest BCUT2D eigenvalue weighted by atomic mass is 10.1. The lowest BCUT2D eigenvalue weighted by molar-refractivity contribution is 0.0571. The van der Waals surface area contributed by atoms with Gasteiger partial charge in [-0.05, 0) is 25.5 Å². The molecule has 1 aromatic carbocycles. The van der Waals surface area contributed by atoms with Crippen LogP contribution in [0.25, 0.3) is 0 Å². The van der Waals surface area contributed by atoms with Crippen molar-refractivity contribution in [1.82, 2.24) is 4.90 Å². The number of hydrogen-bond donors (Lipinski definition) is 1. The van der Waals surface area contributed by atoms with Crippen molar-refractivity contribution < 1.29 is 9.90 Å². The highest BCUT2D eigenvalue weighted by molar-refractivity contribution is 5.95. The molecule has 0 saturated heterocycles. The van der Waals surface area contributed by atoms with Crippen LogP contribution in [0.3, 0.4) is 0 Å². The molecule has 0 saturated carbocycles. The van der Waals surface area contributed by atoms with E-state index >= 15 is 0 Å². The Hall–Kier alpha value is -1.35. The summed E-state index contributed by atoms with van der Waals surface area (Å²) in [5.74, 6) is -0.117. The number of nitrogens with zero attached hydrogens (tertiary/aromatic N) is 1. The summed E-state index contributed by atoms with van der Waals surface area (Å²) < 4.78 is 0. The average molecular weight is 193 g/mol. The van der Waals surface area contributed by atoms with E-state index in [1.165, 1.54) is 4.90 Å². The van der Waals surface area contributed by atoms with Crippen molar-refractivity contribution in [3.63, 3.8) is 0 Å². The lowest BCUT2D eigenvalue weighted by Gasteiger charge is -2.18. The van der Waals surface area contributed by atoms with E-state index in [-0.39, 0.29) is 12.6 Å². The van der Waals surface area contributed by atoms with Gasteiger partial charge in [0.25, 0.3) is 5.91 Å². The smallest absolute Gasteiger partial charge is 0.255 e. The van der Waals surface area contributed by atoms with E-state index in [4.69, 9.17) is 5.11 Å². The van der Waals surface area contributed by atoms with E-state index in [0.29, 0.717) is 12.1 Å². The quantitative estimate of drug-likeness (QED) is 0.737. The van der Waals surface area contributed by atoms with Gasteiger partial charge in [0, 0.05) is 12.1 Å². The second kappa shape index (κ2) is 4.77. The molecule has 3 nitrogen and oxygen atoms in total. The minimum atomic E-state index is -0.232. The largest absolute Gasteiger partial charge is 0.376 e. The van der Waals surface area contributed by atoms with Gasteiger partial charge in [0.1, 0.15) is 6.73 Å². The first-order valence-electron chi connectivity index (χ1n) is 4.66. The molecule has 0 unspecified atom stereocenters. The summed E-state index contributed by atoms with van der Waals surface area (Å²) in [4.78, 5) is 13.2. The van der Waals surface area contributed by atoms with Crippen LogP contribution in [0.4, 0.5) is 0 Å². The molecule has 1 N–H and O–H groups in total. The van der Waals surface area contributed by atoms with Crippen LogP contribution < -0.4 is 0 Å². The molecule has 76 valence electrons. The Bertz CT molecular complexity index is 319. The second-order valence-electron chi connectivity index (χ2n) is 3.12. The summed E-state index contributed by atoms with van der Waals surface area (Å²) in [5.41, 5.74) is 1.59. The number of carbonyl (C=O) groups is 1. The Morgan fingerprint density at radius 1 is 1.43 bits per heavy atom. The van der Waals surface area contributed by atoms with Crippen LogP contribution in [0.2, 0.25) is 0 Å². The standard InChI is InChI=1S/C11H15NO2/c1-3-12(8-13)11(14)10-7-5-4-6-9(10)2/h4-7,13H,3,8H2,1-2H3. The molecular weight excluding hydrogens is 178 g/mol. The van der Waals surface area contributed by atoms with Gasteiger partial charge >= 0.3 is 0 Å². The summed E-state index contributed by atoms with van der Waals surface area (Å²) in [7, 11) is 0. The molecule has 1 aromatic rings. The molecule has 0 aromatic heterocycles. The molecule has 0 bridgehead atoms. The fraction of sp³-hybridized carbons (Fsp3) is 0.364. The highest BCUT2D eigenvalue weighted by Gasteiger charge is 2.14. The van der Waals surface area contributed by atoms with Crippen LogP contribution in [0.5, 0.6) is 0 Å². The number of benzene rings is 1. The Morgan fingerprint density at radius 3 is 2.57 bits per heavy atom. The molecule has 0 heterocycles. The third-order valence-corrected chi connectivity index (χ3v) is 2.22. The van der Waals surface area contributed by atoms with Crippen LogP contribution in [-0.2, 0) is 0 Å². The van der Waals surface area contributed by atoms with Gasteiger partial charge in [-0.3, -0.25) is 4.79 Å². The van der Waals surface area contributed by atoms with Crippen LogP contribution in [-0.4, -0.2) is 29.2 Å². The summed E-state index contributed by atoms with van der Waals surface area (Å²) in [6.07, 6.45) is 0. The van der Waals surface area contributed by atoms with Crippen molar-refractivity contribution in [3.05, 3.63) is 35.4 Å². The first-order chi connectivity index (χ1) is 6.70. The molecule has 1 amide bonds. The SMILES string of the molecule is CCN(CO)C(=O)c1ccccc1C. The van der Waals surface area contributed by atoms with Crippen LogP contribution in [0.15, 0.2) is 24.3 Å². The number of rotatable bonds is 3. The van der Waals surface area contributed by atoms with Gasteiger partial charge in [0.05, 0.1) is 0 Å². The van der Waals surface area contributed by atoms with Gasteiger partial charge in [-0.2, -0.15) is 0 Å². The van der Waals surface area contributed by atoms with Gasteiger partial charge in [0.15, 0.2) is 0 Å². The van der Waals surface area contributed by atoms with E-state index in [1.54, 1.807) is 6.07 Å². The Morgan fingerprint density at radius 2 is 2.07 bits per heavy atom. The average Bonchev–Trinajstić information content (AvgIpc) is 2.20. The fourth-order valence-electron chi connectivity index (χ4n) is 1.29. The van der Waals surface area contributed by atoms with Crippen molar-refractivity contribution in [3.8, 4) is 0 Å². The number of aliphatic hydroxyl groups is 1. The molecule has 0 aliphatic rings. The van der Waals surface area contributed by atoms with E-state index in [9.17, 15) is 4.79 Å². The van der Waals surface area contributed by atoms with Gasteiger partial charge in [-0.25, -0.2) is 0 Å². The minimum Gasteiger partial charge on any atom is -0.376 e. The zero-order chi connectivity index (χ0) is 10.6. The molecular formula is C11H15NO2. The summed E-state index contributed by atoms with van der Waals surface area (Å²) in [6, 6.07) is 7.38. The molecule has 3 heteroatoms. The van der Waals surface area contributed by atoms with Gasteiger partial charge in [0.2, 0.25) is 0 Å². The highest BCUT2D eigenvalue weighted by atomic mass is 16.3. The van der Waals surface area contributed by atoms with Crippen molar-refractivity contribution in [2.24, 2.45) is 0 Å². The third-order valence-electron chi connectivity index (χ3n) is 2.22. The molecule has 14 heavy (non-hydrogen) atoms. The third kappa shape index (κ3) is 2.12. The lowest BCUT2D eigenvalue weighted by Crippen LogP contribution is -2.32. The van der Waals surface area contributed by atoms with E-state index in [2.05, 4.69) is 0 Å². The molecule has 0 spiro atoms. The number of hydrogen-bond acceptors (Lipinski definition) is 2.